The normalized spacial score (nSPS) is 12.2. The van der Waals surface area contributed by atoms with Crippen molar-refractivity contribution in [1.82, 2.24) is 0 Å². The van der Waals surface area contributed by atoms with Crippen LogP contribution in [0, 0.1) is 5.92 Å². The van der Waals surface area contributed by atoms with Crippen LogP contribution in [-0.4, -0.2) is 6.54 Å². The predicted octanol–water partition coefficient (Wildman–Crippen LogP) is 3.25. The standard InChI is InChI=1S/C14H21N/c1-4-12-7-5-6-8-13(12)9-14(10-15)11(2)3/h5-9,11H,4,10,15H2,1-3H3. The Morgan fingerprint density at radius 2 is 2.00 bits per heavy atom. The van der Waals surface area contributed by atoms with Gasteiger partial charge in [0.2, 0.25) is 0 Å². The van der Waals surface area contributed by atoms with Crippen LogP contribution >= 0.6 is 0 Å². The number of rotatable bonds is 4. The van der Waals surface area contributed by atoms with Gasteiger partial charge in [-0.3, -0.25) is 0 Å². The minimum absolute atomic E-state index is 0.528. The summed E-state index contributed by atoms with van der Waals surface area (Å²) in [4.78, 5) is 0. The van der Waals surface area contributed by atoms with Gasteiger partial charge in [0.15, 0.2) is 0 Å². The first-order chi connectivity index (χ1) is 7.19. The molecule has 15 heavy (non-hydrogen) atoms. The SMILES string of the molecule is CCc1ccccc1C=C(CN)C(C)C. The molecule has 0 aliphatic rings. The van der Waals surface area contributed by atoms with E-state index in [9.17, 15) is 0 Å². The average Bonchev–Trinajstić information content (AvgIpc) is 2.25. The zero-order valence-electron chi connectivity index (χ0n) is 9.96. The average molecular weight is 203 g/mol. The molecule has 0 amide bonds. The molecule has 0 fully saturated rings. The lowest BCUT2D eigenvalue weighted by Gasteiger charge is -2.10. The van der Waals surface area contributed by atoms with Crippen LogP contribution in [0.2, 0.25) is 0 Å². The maximum Gasteiger partial charge on any atom is 0.0142 e. The summed E-state index contributed by atoms with van der Waals surface area (Å²) in [5.41, 5.74) is 9.77. The Bertz CT molecular complexity index is 337. The molecule has 1 heteroatoms. The summed E-state index contributed by atoms with van der Waals surface area (Å²) in [5.74, 6) is 0.528. The summed E-state index contributed by atoms with van der Waals surface area (Å²) in [5, 5.41) is 0. The van der Waals surface area contributed by atoms with E-state index >= 15 is 0 Å². The van der Waals surface area contributed by atoms with E-state index in [0.717, 1.165) is 6.42 Å². The molecular formula is C14H21N. The van der Waals surface area contributed by atoms with Crippen molar-refractivity contribution in [2.45, 2.75) is 27.2 Å². The van der Waals surface area contributed by atoms with Gasteiger partial charge in [-0.25, -0.2) is 0 Å². The zero-order valence-corrected chi connectivity index (χ0v) is 9.96. The molecule has 1 aromatic rings. The first-order valence-electron chi connectivity index (χ1n) is 5.67. The molecular weight excluding hydrogens is 182 g/mol. The quantitative estimate of drug-likeness (QED) is 0.798. The molecule has 0 saturated carbocycles. The lowest BCUT2D eigenvalue weighted by molar-refractivity contribution is 0.752. The van der Waals surface area contributed by atoms with Crippen molar-refractivity contribution in [1.29, 1.82) is 0 Å². The van der Waals surface area contributed by atoms with Crippen molar-refractivity contribution in [3.8, 4) is 0 Å². The largest absolute Gasteiger partial charge is 0.327 e. The second kappa shape index (κ2) is 5.72. The van der Waals surface area contributed by atoms with Gasteiger partial charge in [-0.15, -0.1) is 0 Å². The van der Waals surface area contributed by atoms with Crippen LogP contribution in [0.3, 0.4) is 0 Å². The molecule has 0 atom stereocenters. The smallest absolute Gasteiger partial charge is 0.0142 e. The van der Waals surface area contributed by atoms with E-state index in [1.807, 2.05) is 0 Å². The van der Waals surface area contributed by atoms with Gasteiger partial charge in [-0.2, -0.15) is 0 Å². The number of aryl methyl sites for hydroxylation is 1. The highest BCUT2D eigenvalue weighted by molar-refractivity contribution is 5.57. The molecule has 0 radical (unpaired) electrons. The van der Waals surface area contributed by atoms with E-state index in [2.05, 4.69) is 51.1 Å². The highest BCUT2D eigenvalue weighted by Gasteiger charge is 2.02. The van der Waals surface area contributed by atoms with E-state index < -0.39 is 0 Å². The minimum Gasteiger partial charge on any atom is -0.327 e. The van der Waals surface area contributed by atoms with Crippen molar-refractivity contribution >= 4 is 6.08 Å². The van der Waals surface area contributed by atoms with Gasteiger partial charge in [0.25, 0.3) is 0 Å². The molecule has 1 rings (SSSR count). The van der Waals surface area contributed by atoms with Crippen LogP contribution in [0.4, 0.5) is 0 Å². The van der Waals surface area contributed by atoms with Crippen molar-refractivity contribution in [2.24, 2.45) is 11.7 Å². The third kappa shape index (κ3) is 3.21. The fourth-order valence-electron chi connectivity index (χ4n) is 1.66. The molecule has 0 aliphatic heterocycles. The van der Waals surface area contributed by atoms with Crippen LogP contribution in [0.15, 0.2) is 29.8 Å². The van der Waals surface area contributed by atoms with E-state index in [-0.39, 0.29) is 0 Å². The third-order valence-corrected chi connectivity index (χ3v) is 2.75. The second-order valence-electron chi connectivity index (χ2n) is 4.13. The van der Waals surface area contributed by atoms with Crippen LogP contribution in [-0.2, 0) is 6.42 Å². The fraction of sp³-hybridized carbons (Fsp3) is 0.429. The Hall–Kier alpha value is -1.08. The van der Waals surface area contributed by atoms with Gasteiger partial charge in [0, 0.05) is 6.54 Å². The maximum atomic E-state index is 5.74. The lowest BCUT2D eigenvalue weighted by atomic mass is 9.97. The van der Waals surface area contributed by atoms with Crippen molar-refractivity contribution < 1.29 is 0 Å². The Balaban J connectivity index is 3.05. The topological polar surface area (TPSA) is 26.0 Å². The molecule has 0 spiro atoms. The van der Waals surface area contributed by atoms with Crippen molar-refractivity contribution in [3.05, 3.63) is 41.0 Å². The first-order valence-corrected chi connectivity index (χ1v) is 5.67. The monoisotopic (exact) mass is 203 g/mol. The summed E-state index contributed by atoms with van der Waals surface area (Å²) in [6, 6.07) is 8.52. The number of hydrogen-bond acceptors (Lipinski definition) is 1. The molecule has 0 bridgehead atoms. The highest BCUT2D eigenvalue weighted by Crippen LogP contribution is 2.17. The number of nitrogens with two attached hydrogens (primary N) is 1. The van der Waals surface area contributed by atoms with E-state index in [1.165, 1.54) is 16.7 Å². The van der Waals surface area contributed by atoms with Gasteiger partial charge in [0.05, 0.1) is 0 Å². The third-order valence-electron chi connectivity index (χ3n) is 2.75. The van der Waals surface area contributed by atoms with Gasteiger partial charge < -0.3 is 5.73 Å². The molecule has 0 aromatic heterocycles. The maximum absolute atomic E-state index is 5.74. The van der Waals surface area contributed by atoms with Crippen molar-refractivity contribution in [3.63, 3.8) is 0 Å². The Morgan fingerprint density at radius 3 is 2.53 bits per heavy atom. The molecule has 1 aromatic carbocycles. The zero-order chi connectivity index (χ0) is 11.3. The van der Waals surface area contributed by atoms with Crippen LogP contribution in [0.25, 0.3) is 6.08 Å². The van der Waals surface area contributed by atoms with E-state index in [0.29, 0.717) is 12.5 Å². The minimum atomic E-state index is 0.528. The van der Waals surface area contributed by atoms with Crippen LogP contribution < -0.4 is 5.73 Å². The van der Waals surface area contributed by atoms with E-state index in [4.69, 9.17) is 5.73 Å². The summed E-state index contributed by atoms with van der Waals surface area (Å²) < 4.78 is 0. The highest BCUT2D eigenvalue weighted by atomic mass is 14.5. The molecule has 0 aliphatic carbocycles. The Kier molecular flexibility index (Phi) is 4.57. The van der Waals surface area contributed by atoms with Crippen molar-refractivity contribution in [2.75, 3.05) is 6.54 Å². The summed E-state index contributed by atoms with van der Waals surface area (Å²) in [6.45, 7) is 7.21. The molecule has 1 nitrogen and oxygen atoms in total. The molecule has 0 unspecified atom stereocenters. The van der Waals surface area contributed by atoms with Gasteiger partial charge >= 0.3 is 0 Å². The molecule has 0 heterocycles. The lowest BCUT2D eigenvalue weighted by Crippen LogP contribution is -2.08. The van der Waals surface area contributed by atoms with Gasteiger partial charge in [-0.05, 0) is 23.5 Å². The van der Waals surface area contributed by atoms with E-state index in [1.54, 1.807) is 0 Å². The molecule has 82 valence electrons. The number of hydrogen-bond donors (Lipinski definition) is 1. The fourth-order valence-corrected chi connectivity index (χ4v) is 1.66. The van der Waals surface area contributed by atoms with Gasteiger partial charge in [0.1, 0.15) is 0 Å². The summed E-state index contributed by atoms with van der Waals surface area (Å²) in [6.07, 6.45) is 3.31. The molecule has 0 saturated heterocycles. The predicted molar refractivity (Wildman–Crippen MR) is 67.7 cm³/mol. The number of benzene rings is 1. The second-order valence-corrected chi connectivity index (χ2v) is 4.13. The first kappa shape index (κ1) is 12.0. The Morgan fingerprint density at radius 1 is 1.33 bits per heavy atom. The van der Waals surface area contributed by atoms with Gasteiger partial charge in [-0.1, -0.05) is 56.7 Å². The summed E-state index contributed by atoms with van der Waals surface area (Å²) in [7, 11) is 0. The van der Waals surface area contributed by atoms with Crippen LogP contribution in [0.5, 0.6) is 0 Å². The molecule has 2 N–H and O–H groups in total. The van der Waals surface area contributed by atoms with Crippen LogP contribution in [0.1, 0.15) is 31.9 Å². The Labute approximate surface area is 93.0 Å². The summed E-state index contributed by atoms with van der Waals surface area (Å²) >= 11 is 0.